The van der Waals surface area contributed by atoms with Crippen molar-refractivity contribution in [3.63, 3.8) is 0 Å². The van der Waals surface area contributed by atoms with Crippen molar-refractivity contribution in [3.05, 3.63) is 0 Å². The number of aliphatic hydroxyl groups is 5. The fraction of sp³-hybridized carbons (Fsp3) is 0.950. The maximum atomic E-state index is 11.7. The van der Waals surface area contributed by atoms with Crippen LogP contribution in [0.15, 0.2) is 0 Å². The van der Waals surface area contributed by atoms with Crippen molar-refractivity contribution in [2.75, 3.05) is 19.7 Å². The normalized spacial score (nSPS) is 16.0. The average Bonchev–Trinajstić information content (AvgIpc) is 2.66. The third-order valence-electron chi connectivity index (χ3n) is 4.96. The highest BCUT2D eigenvalue weighted by molar-refractivity contribution is 5.73. The van der Waals surface area contributed by atoms with E-state index in [1.54, 1.807) is 0 Å². The topological polar surface area (TPSA) is 121 Å². The third kappa shape index (κ3) is 12.4. The van der Waals surface area contributed by atoms with Gasteiger partial charge in [-0.1, -0.05) is 64.7 Å². The molecule has 7 nitrogen and oxygen atoms in total. The summed E-state index contributed by atoms with van der Waals surface area (Å²) in [6.07, 6.45) is 5.63. The van der Waals surface area contributed by atoms with Crippen LogP contribution in [0, 0.1) is 0 Å². The minimum atomic E-state index is -1.67. The first-order chi connectivity index (χ1) is 12.8. The number of carbonyl (C=O) groups excluding carboxylic acids is 1. The molecule has 0 saturated carbocycles. The Balaban J connectivity index is 4.02. The number of aliphatic hydroxyl groups excluding tert-OH is 5. The zero-order valence-corrected chi connectivity index (χ0v) is 17.1. The van der Waals surface area contributed by atoms with E-state index in [4.69, 9.17) is 5.11 Å². The van der Waals surface area contributed by atoms with Gasteiger partial charge in [0.1, 0.15) is 24.4 Å². The van der Waals surface area contributed by atoms with Crippen molar-refractivity contribution >= 4 is 5.91 Å². The zero-order chi connectivity index (χ0) is 20.7. The minimum absolute atomic E-state index is 0.122. The van der Waals surface area contributed by atoms with E-state index in [9.17, 15) is 25.2 Å². The first kappa shape index (κ1) is 26.3. The first-order valence-electron chi connectivity index (χ1n) is 10.4. The molecule has 0 aromatic carbocycles. The van der Waals surface area contributed by atoms with Gasteiger partial charge in [0.2, 0.25) is 5.91 Å². The molecule has 7 heteroatoms. The second-order valence-corrected chi connectivity index (χ2v) is 7.45. The molecule has 27 heavy (non-hydrogen) atoms. The van der Waals surface area contributed by atoms with Gasteiger partial charge in [-0.25, -0.2) is 0 Å². The predicted octanol–water partition coefficient (Wildman–Crippen LogP) is 1.19. The Labute approximate surface area is 164 Å². The molecule has 0 aliphatic carbocycles. The monoisotopic (exact) mass is 391 g/mol. The van der Waals surface area contributed by atoms with Gasteiger partial charge >= 0.3 is 0 Å². The number of hydrogen-bond acceptors (Lipinski definition) is 6. The van der Waals surface area contributed by atoms with E-state index in [2.05, 4.69) is 6.92 Å². The number of carbonyl (C=O) groups is 1. The molecule has 0 heterocycles. The minimum Gasteiger partial charge on any atom is -0.394 e. The Morgan fingerprint density at radius 1 is 0.778 bits per heavy atom. The molecule has 0 aliphatic heterocycles. The molecule has 0 spiro atoms. The Bertz CT molecular complexity index is 368. The van der Waals surface area contributed by atoms with E-state index in [0.29, 0.717) is 6.54 Å². The lowest BCUT2D eigenvalue weighted by molar-refractivity contribution is -0.138. The summed E-state index contributed by atoms with van der Waals surface area (Å²) in [5.74, 6) is -0.214. The van der Waals surface area contributed by atoms with E-state index in [1.165, 1.54) is 56.8 Å². The molecule has 0 unspecified atom stereocenters. The van der Waals surface area contributed by atoms with E-state index in [-0.39, 0.29) is 12.5 Å². The highest BCUT2D eigenvalue weighted by atomic mass is 16.4. The molecule has 0 radical (unpaired) electrons. The third-order valence-corrected chi connectivity index (χ3v) is 4.96. The van der Waals surface area contributed by atoms with Crippen LogP contribution >= 0.6 is 0 Å². The summed E-state index contributed by atoms with van der Waals surface area (Å²) in [6.45, 7) is 3.25. The Kier molecular flexibility index (Phi) is 15.8. The molecule has 0 bridgehead atoms. The molecule has 162 valence electrons. The lowest BCUT2D eigenvalue weighted by Gasteiger charge is -2.30. The molecule has 0 aromatic heterocycles. The van der Waals surface area contributed by atoms with Crippen molar-refractivity contribution in [2.24, 2.45) is 0 Å². The van der Waals surface area contributed by atoms with E-state index < -0.39 is 31.0 Å². The quantitative estimate of drug-likeness (QED) is 0.238. The fourth-order valence-electron chi connectivity index (χ4n) is 3.06. The highest BCUT2D eigenvalue weighted by Crippen LogP contribution is 2.12. The van der Waals surface area contributed by atoms with Crippen LogP contribution in [0.25, 0.3) is 0 Å². The molecule has 0 aromatic rings. The van der Waals surface area contributed by atoms with Crippen LogP contribution in [0.2, 0.25) is 0 Å². The summed E-state index contributed by atoms with van der Waals surface area (Å²) in [4.78, 5) is 13.2. The second-order valence-electron chi connectivity index (χ2n) is 7.45. The maximum Gasteiger partial charge on any atom is 0.219 e. The predicted molar refractivity (Wildman–Crippen MR) is 105 cm³/mol. The van der Waals surface area contributed by atoms with Gasteiger partial charge in [-0.05, 0) is 6.42 Å². The zero-order valence-electron chi connectivity index (χ0n) is 17.1. The summed E-state index contributed by atoms with van der Waals surface area (Å²) < 4.78 is 0. The Morgan fingerprint density at radius 2 is 1.22 bits per heavy atom. The molecule has 1 amide bonds. The summed E-state index contributed by atoms with van der Waals surface area (Å²) >= 11 is 0. The summed E-state index contributed by atoms with van der Waals surface area (Å²) in [7, 11) is 0. The Hall–Kier alpha value is -0.730. The van der Waals surface area contributed by atoms with Gasteiger partial charge < -0.3 is 30.4 Å². The van der Waals surface area contributed by atoms with Crippen LogP contribution in [0.4, 0.5) is 0 Å². The van der Waals surface area contributed by atoms with Gasteiger partial charge in [0.15, 0.2) is 0 Å². The average molecular weight is 392 g/mol. The molecule has 0 aliphatic rings. The van der Waals surface area contributed by atoms with Gasteiger partial charge in [-0.2, -0.15) is 0 Å². The number of nitrogens with zero attached hydrogens (tertiary/aromatic N) is 1. The van der Waals surface area contributed by atoms with Crippen LogP contribution in [-0.4, -0.2) is 80.5 Å². The van der Waals surface area contributed by atoms with Gasteiger partial charge in [-0.15, -0.1) is 0 Å². The molecule has 5 N–H and O–H groups in total. The summed E-state index contributed by atoms with van der Waals surface area (Å²) in [6, 6.07) is 0. The standard InChI is InChI=1S/C20H41NO6/c1-3-4-5-6-7-8-9-10-11-12-13-21(16(2)23)14-17(24)19(26)20(27)18(25)15-22/h17-20,22,24-27H,3-15H2,1-2H3/t17-,18+,19+,20+/m0/s1. The van der Waals surface area contributed by atoms with E-state index >= 15 is 0 Å². The van der Waals surface area contributed by atoms with Crippen LogP contribution in [0.3, 0.4) is 0 Å². The van der Waals surface area contributed by atoms with Gasteiger partial charge in [0.05, 0.1) is 6.61 Å². The van der Waals surface area contributed by atoms with Crippen molar-refractivity contribution in [3.8, 4) is 0 Å². The number of hydrogen-bond donors (Lipinski definition) is 5. The van der Waals surface area contributed by atoms with Crippen molar-refractivity contribution in [2.45, 2.75) is 102 Å². The molecule has 0 fully saturated rings. The number of unbranched alkanes of at least 4 members (excludes halogenated alkanes) is 9. The molecule has 0 rings (SSSR count). The molecule has 0 saturated heterocycles. The van der Waals surface area contributed by atoms with E-state index in [1.807, 2.05) is 0 Å². The lowest BCUT2D eigenvalue weighted by atomic mass is 10.0. The summed E-state index contributed by atoms with van der Waals surface area (Å²) in [5, 5.41) is 47.7. The molecule has 4 atom stereocenters. The van der Waals surface area contributed by atoms with Crippen molar-refractivity contribution < 1.29 is 30.3 Å². The highest BCUT2D eigenvalue weighted by Gasteiger charge is 2.31. The van der Waals surface area contributed by atoms with Gasteiger partial charge in [0.25, 0.3) is 0 Å². The lowest BCUT2D eigenvalue weighted by Crippen LogP contribution is -2.50. The van der Waals surface area contributed by atoms with Crippen molar-refractivity contribution in [1.29, 1.82) is 0 Å². The van der Waals surface area contributed by atoms with Crippen LogP contribution in [-0.2, 0) is 4.79 Å². The smallest absolute Gasteiger partial charge is 0.219 e. The second kappa shape index (κ2) is 16.2. The number of amides is 1. The Morgan fingerprint density at radius 3 is 1.67 bits per heavy atom. The number of rotatable bonds is 17. The van der Waals surface area contributed by atoms with Crippen LogP contribution < -0.4 is 0 Å². The van der Waals surface area contributed by atoms with Gasteiger partial charge in [0, 0.05) is 20.0 Å². The first-order valence-corrected chi connectivity index (χ1v) is 10.4. The van der Waals surface area contributed by atoms with Crippen molar-refractivity contribution in [1.82, 2.24) is 4.90 Å². The van der Waals surface area contributed by atoms with E-state index in [0.717, 1.165) is 19.3 Å². The largest absolute Gasteiger partial charge is 0.394 e. The van der Waals surface area contributed by atoms with Gasteiger partial charge in [-0.3, -0.25) is 4.79 Å². The fourth-order valence-corrected chi connectivity index (χ4v) is 3.06. The molecular weight excluding hydrogens is 350 g/mol. The molecular formula is C20H41NO6. The van der Waals surface area contributed by atoms with Crippen LogP contribution in [0.1, 0.15) is 78.1 Å². The summed E-state index contributed by atoms with van der Waals surface area (Å²) in [5.41, 5.74) is 0. The van der Waals surface area contributed by atoms with Crippen LogP contribution in [0.5, 0.6) is 0 Å². The SMILES string of the molecule is CCCCCCCCCCCCN(C[C@H](O)[C@@H](O)[C@H](O)[C@H](O)CO)C(C)=O. The maximum absolute atomic E-state index is 11.7.